The molecule has 0 amide bonds. The van der Waals surface area contributed by atoms with E-state index in [0.717, 1.165) is 12.8 Å². The third kappa shape index (κ3) is 7.06. The Hall–Kier alpha value is -2.41. The van der Waals surface area contributed by atoms with Crippen LogP contribution in [-0.2, 0) is 21.3 Å². The topological polar surface area (TPSA) is 121 Å². The van der Waals surface area contributed by atoms with Crippen LogP contribution in [0.2, 0.25) is 0 Å². The third-order valence-electron chi connectivity index (χ3n) is 5.84. The first kappa shape index (κ1) is 24.9. The Labute approximate surface area is 187 Å². The molecule has 2 rings (SSSR count). The number of aromatic nitrogens is 2. The van der Waals surface area contributed by atoms with E-state index in [1.807, 2.05) is 0 Å². The number of nitriles is 1. The highest BCUT2D eigenvalue weighted by Crippen LogP contribution is 2.35. The summed E-state index contributed by atoms with van der Waals surface area (Å²) in [6.45, 7) is 8.75. The van der Waals surface area contributed by atoms with Gasteiger partial charge in [0, 0.05) is 35.8 Å². The lowest BCUT2D eigenvalue weighted by molar-refractivity contribution is 0.00656. The van der Waals surface area contributed by atoms with E-state index >= 15 is 0 Å². The van der Waals surface area contributed by atoms with Gasteiger partial charge in [0.25, 0.3) is 0 Å². The first-order valence-electron chi connectivity index (χ1n) is 10.7. The zero-order valence-corrected chi connectivity index (χ0v) is 19.9. The Kier molecular flexibility index (Phi) is 9.49. The predicted octanol–water partition coefficient (Wildman–Crippen LogP) is 2.53. The molecule has 1 heterocycles. The summed E-state index contributed by atoms with van der Waals surface area (Å²) in [6, 6.07) is 0. The van der Waals surface area contributed by atoms with Gasteiger partial charge in [-0.05, 0) is 37.5 Å². The molecule has 4 atom stereocenters. The Balaban J connectivity index is 1.94. The number of carbonyl (C=O) groups is 1. The minimum Gasteiger partial charge on any atom is -0.445 e. The van der Waals surface area contributed by atoms with Crippen molar-refractivity contribution in [2.24, 2.45) is 22.7 Å². The van der Waals surface area contributed by atoms with E-state index in [4.69, 9.17) is 10.00 Å². The summed E-state index contributed by atoms with van der Waals surface area (Å²) in [5.74, 6) is 2.31. The monoisotopic (exact) mass is 450 g/mol. The number of nitrogens with zero attached hydrogens (tertiary/aromatic N) is 4. The number of guanidine groups is 1. The number of rotatable bonds is 7. The zero-order chi connectivity index (χ0) is 23.0. The maximum atomic E-state index is 12.8. The van der Waals surface area contributed by atoms with Crippen molar-refractivity contribution in [1.82, 2.24) is 20.2 Å². The van der Waals surface area contributed by atoms with Gasteiger partial charge in [-0.3, -0.25) is 14.5 Å². The van der Waals surface area contributed by atoms with E-state index in [1.54, 1.807) is 20.2 Å². The van der Waals surface area contributed by atoms with E-state index in [-0.39, 0.29) is 11.9 Å². The van der Waals surface area contributed by atoms with Crippen molar-refractivity contribution < 1.29 is 13.7 Å². The molecule has 0 saturated heterocycles. The van der Waals surface area contributed by atoms with Crippen LogP contribution >= 0.6 is 0 Å². The fourth-order valence-corrected chi connectivity index (χ4v) is 5.01. The van der Waals surface area contributed by atoms with E-state index in [9.17, 15) is 9.00 Å². The van der Waals surface area contributed by atoms with Gasteiger partial charge in [0.15, 0.2) is 6.19 Å². The van der Waals surface area contributed by atoms with Gasteiger partial charge < -0.3 is 10.1 Å². The SMILES string of the molecule is CN=C(NC#N)NCCS(=O)Cc1ncn(C(=O)O[C@@H]2C[C@H](C)CC[C@H]2C(C)C)c1C. The number of aliphatic imine (C=N–C) groups is 1. The fourth-order valence-electron chi connectivity index (χ4n) is 3.95. The number of imidazole rings is 1. The molecule has 31 heavy (non-hydrogen) atoms. The number of hydrogen-bond donors (Lipinski definition) is 2. The molecule has 0 aliphatic heterocycles. The van der Waals surface area contributed by atoms with Gasteiger partial charge in [-0.15, -0.1) is 0 Å². The van der Waals surface area contributed by atoms with E-state index < -0.39 is 16.9 Å². The van der Waals surface area contributed by atoms with Crippen molar-refractivity contribution in [2.45, 2.75) is 58.8 Å². The van der Waals surface area contributed by atoms with Crippen molar-refractivity contribution in [3.8, 4) is 6.19 Å². The molecule has 0 spiro atoms. The average Bonchev–Trinajstić information content (AvgIpc) is 3.07. The van der Waals surface area contributed by atoms with Crippen LogP contribution in [-0.4, -0.2) is 51.3 Å². The maximum absolute atomic E-state index is 12.8. The quantitative estimate of drug-likeness (QED) is 0.283. The molecule has 1 aliphatic carbocycles. The zero-order valence-electron chi connectivity index (χ0n) is 19.1. The van der Waals surface area contributed by atoms with Gasteiger partial charge in [-0.2, -0.15) is 5.26 Å². The molecule has 1 aromatic rings. The van der Waals surface area contributed by atoms with Gasteiger partial charge >= 0.3 is 6.09 Å². The Morgan fingerprint density at radius 1 is 1.48 bits per heavy atom. The predicted molar refractivity (Wildman–Crippen MR) is 121 cm³/mol. The highest BCUT2D eigenvalue weighted by Gasteiger charge is 2.34. The highest BCUT2D eigenvalue weighted by atomic mass is 32.2. The molecular formula is C21H34N6O3S. The summed E-state index contributed by atoms with van der Waals surface area (Å²) in [7, 11) is 0.369. The minimum atomic E-state index is -1.18. The Morgan fingerprint density at radius 3 is 2.87 bits per heavy atom. The van der Waals surface area contributed by atoms with Crippen molar-refractivity contribution in [3.63, 3.8) is 0 Å². The first-order valence-corrected chi connectivity index (χ1v) is 12.2. The Morgan fingerprint density at radius 2 is 2.23 bits per heavy atom. The van der Waals surface area contributed by atoms with Gasteiger partial charge in [0.1, 0.15) is 12.4 Å². The second-order valence-corrected chi connectivity index (χ2v) is 10.00. The molecule has 1 saturated carbocycles. The summed E-state index contributed by atoms with van der Waals surface area (Å²) in [6.07, 6.45) is 5.87. The third-order valence-corrected chi connectivity index (χ3v) is 7.09. The van der Waals surface area contributed by atoms with Crippen molar-refractivity contribution in [1.29, 1.82) is 5.26 Å². The van der Waals surface area contributed by atoms with Crippen LogP contribution < -0.4 is 10.6 Å². The largest absolute Gasteiger partial charge is 0.445 e. The number of nitrogens with one attached hydrogen (secondary N) is 2. The van der Waals surface area contributed by atoms with Crippen LogP contribution in [0.3, 0.4) is 0 Å². The number of ether oxygens (including phenoxy) is 1. The molecule has 172 valence electrons. The summed E-state index contributed by atoms with van der Waals surface area (Å²) in [5, 5.41) is 13.9. The van der Waals surface area contributed by atoms with E-state index in [2.05, 4.69) is 41.4 Å². The molecule has 10 heteroatoms. The highest BCUT2D eigenvalue weighted by molar-refractivity contribution is 7.84. The lowest BCUT2D eigenvalue weighted by atomic mass is 9.75. The van der Waals surface area contributed by atoms with Gasteiger partial charge in [0.2, 0.25) is 5.96 Å². The van der Waals surface area contributed by atoms with Crippen LogP contribution in [0.1, 0.15) is 51.4 Å². The van der Waals surface area contributed by atoms with E-state index in [0.29, 0.717) is 47.4 Å². The van der Waals surface area contributed by atoms with Gasteiger partial charge in [-0.25, -0.2) is 14.3 Å². The van der Waals surface area contributed by atoms with Crippen LogP contribution in [0.25, 0.3) is 0 Å². The molecule has 0 radical (unpaired) electrons. The molecule has 2 N–H and O–H groups in total. The van der Waals surface area contributed by atoms with Crippen LogP contribution in [0.15, 0.2) is 11.3 Å². The molecule has 1 aromatic heterocycles. The summed E-state index contributed by atoms with van der Waals surface area (Å²) in [5.41, 5.74) is 1.27. The molecule has 9 nitrogen and oxygen atoms in total. The second kappa shape index (κ2) is 11.8. The Bertz CT molecular complexity index is 845. The van der Waals surface area contributed by atoms with Gasteiger partial charge in [-0.1, -0.05) is 27.2 Å². The average molecular weight is 451 g/mol. The number of carbonyl (C=O) groups excluding carboxylic acids is 1. The molecule has 0 bridgehead atoms. The normalized spacial score (nSPS) is 22.6. The van der Waals surface area contributed by atoms with Crippen molar-refractivity contribution in [2.75, 3.05) is 19.3 Å². The second-order valence-electron chi connectivity index (χ2n) is 8.42. The van der Waals surface area contributed by atoms with Crippen LogP contribution in [0.4, 0.5) is 4.79 Å². The van der Waals surface area contributed by atoms with Crippen molar-refractivity contribution in [3.05, 3.63) is 17.7 Å². The van der Waals surface area contributed by atoms with Crippen molar-refractivity contribution >= 4 is 22.9 Å². The molecule has 0 aromatic carbocycles. The van der Waals surface area contributed by atoms with Crippen LogP contribution in [0, 0.1) is 36.1 Å². The molecule has 1 fully saturated rings. The maximum Gasteiger partial charge on any atom is 0.419 e. The summed E-state index contributed by atoms with van der Waals surface area (Å²) < 4.78 is 19.7. The fraction of sp³-hybridized carbons (Fsp3) is 0.714. The minimum absolute atomic E-state index is 0.0850. The molecular weight excluding hydrogens is 416 g/mol. The first-order chi connectivity index (χ1) is 14.8. The number of hydrogen-bond acceptors (Lipinski definition) is 6. The standard InChI is InChI=1S/C21H34N6O3S/c1-14(2)17-7-6-15(3)10-19(17)30-21(28)27-13-26-18(16(27)4)11-31(29)9-8-24-20(23-5)25-12-22/h13-15,17,19H,6-11H2,1-5H3,(H2,23,24,25)/t15-,17+,19-,31?/m1/s1. The summed E-state index contributed by atoms with van der Waals surface area (Å²) >= 11 is 0. The lowest BCUT2D eigenvalue weighted by Crippen LogP contribution is -2.37. The molecule has 1 aliphatic rings. The molecule has 1 unspecified atom stereocenters. The lowest BCUT2D eigenvalue weighted by Gasteiger charge is -2.36. The van der Waals surface area contributed by atoms with E-state index in [1.165, 1.54) is 17.3 Å². The summed E-state index contributed by atoms with van der Waals surface area (Å²) in [4.78, 5) is 21.0. The smallest absolute Gasteiger partial charge is 0.419 e. The van der Waals surface area contributed by atoms with Crippen LogP contribution in [0.5, 0.6) is 0 Å². The van der Waals surface area contributed by atoms with Gasteiger partial charge in [0.05, 0.1) is 11.4 Å².